The van der Waals surface area contributed by atoms with E-state index in [-0.39, 0.29) is 11.3 Å². The Hall–Kier alpha value is -3.99. The zero-order valence-corrected chi connectivity index (χ0v) is 16.3. The topological polar surface area (TPSA) is 135 Å². The van der Waals surface area contributed by atoms with E-state index < -0.39 is 11.5 Å². The third kappa shape index (κ3) is 4.65. The van der Waals surface area contributed by atoms with Crippen molar-refractivity contribution < 1.29 is 0 Å². The lowest BCUT2D eigenvalue weighted by Gasteiger charge is -2.36. The molecule has 0 amide bonds. The van der Waals surface area contributed by atoms with Gasteiger partial charge in [0, 0.05) is 24.2 Å². The molecular weight excluding hydrogens is 362 g/mol. The number of nitrogens with one attached hydrogen (secondary N) is 1. The molecule has 3 rings (SSSR count). The Morgan fingerprint density at radius 3 is 2.38 bits per heavy atom. The van der Waals surface area contributed by atoms with Crippen LogP contribution in [0.3, 0.4) is 0 Å². The van der Waals surface area contributed by atoms with E-state index in [9.17, 15) is 15.8 Å². The number of allylic oxidation sites excluding steroid dienone is 3. The molecule has 0 radical (unpaired) electrons. The predicted octanol–water partition coefficient (Wildman–Crippen LogP) is 2.78. The van der Waals surface area contributed by atoms with Crippen LogP contribution in [0, 0.1) is 39.9 Å². The van der Waals surface area contributed by atoms with E-state index in [1.54, 1.807) is 30.7 Å². The molecule has 0 aromatic carbocycles. The minimum absolute atomic E-state index is 0.248. The normalized spacial score (nSPS) is 17.6. The van der Waals surface area contributed by atoms with Crippen LogP contribution in [-0.4, -0.2) is 16.5 Å². The number of aromatic nitrogens is 2. The first-order valence-electron chi connectivity index (χ1n) is 9.01. The van der Waals surface area contributed by atoms with E-state index in [1.807, 2.05) is 50.3 Å². The van der Waals surface area contributed by atoms with Crippen LogP contribution < -0.4 is 11.1 Å². The Balaban J connectivity index is 0.000000941. The highest BCUT2D eigenvalue weighted by Gasteiger charge is 2.36. The summed E-state index contributed by atoms with van der Waals surface area (Å²) in [6.45, 7) is 4.56. The number of pyridine rings is 2. The lowest BCUT2D eigenvalue weighted by Crippen LogP contribution is -2.42. The molecule has 1 aliphatic heterocycles. The van der Waals surface area contributed by atoms with Gasteiger partial charge in [-0.3, -0.25) is 9.97 Å². The predicted molar refractivity (Wildman–Crippen MR) is 109 cm³/mol. The average Bonchev–Trinajstić information content (AvgIpc) is 2.76. The Morgan fingerprint density at radius 1 is 1.14 bits per heavy atom. The van der Waals surface area contributed by atoms with Crippen molar-refractivity contribution in [1.82, 2.24) is 15.3 Å². The fraction of sp³-hybridized carbons (Fsp3) is 0.227. The summed E-state index contributed by atoms with van der Waals surface area (Å²) >= 11 is 0. The molecule has 0 saturated heterocycles. The van der Waals surface area contributed by atoms with Gasteiger partial charge in [0.05, 0.1) is 34.6 Å². The SMILES string of the molecule is CC1(c2cccnc2)C=C(c2ccccn2)C(C#N)=C(C(C#N)C#N)N1.CCN. The summed E-state index contributed by atoms with van der Waals surface area (Å²) < 4.78 is 0. The van der Waals surface area contributed by atoms with Gasteiger partial charge in [-0.05, 0) is 43.3 Å². The molecule has 1 unspecified atom stereocenters. The van der Waals surface area contributed by atoms with E-state index in [4.69, 9.17) is 5.73 Å². The van der Waals surface area contributed by atoms with Crippen LogP contribution in [0.5, 0.6) is 0 Å². The largest absolute Gasteiger partial charge is 0.373 e. The molecule has 2 aromatic rings. The summed E-state index contributed by atoms with van der Waals surface area (Å²) in [7, 11) is 0. The molecule has 3 heterocycles. The molecule has 144 valence electrons. The first-order valence-corrected chi connectivity index (χ1v) is 9.01. The van der Waals surface area contributed by atoms with Gasteiger partial charge in [-0.2, -0.15) is 15.8 Å². The number of nitriles is 3. The van der Waals surface area contributed by atoms with Crippen molar-refractivity contribution in [2.45, 2.75) is 19.4 Å². The standard InChI is InChI=1S/C20H14N6.C2H7N/c1-20(15-5-4-7-24-13-15)9-16(18-6-2-3-8-25-18)17(12-23)19(26-20)14(10-21)11-22;1-2-3/h2-9,13-14,26H,1H3;2-3H2,1H3. The second-order valence-corrected chi connectivity index (χ2v) is 6.34. The van der Waals surface area contributed by atoms with Crippen molar-refractivity contribution in [3.63, 3.8) is 0 Å². The van der Waals surface area contributed by atoms with E-state index >= 15 is 0 Å². The van der Waals surface area contributed by atoms with Crippen molar-refractivity contribution in [2.75, 3.05) is 6.54 Å². The highest BCUT2D eigenvalue weighted by atomic mass is 15.0. The van der Waals surface area contributed by atoms with Crippen LogP contribution in [-0.2, 0) is 5.54 Å². The van der Waals surface area contributed by atoms with E-state index in [0.717, 1.165) is 12.1 Å². The van der Waals surface area contributed by atoms with Gasteiger partial charge in [0.15, 0.2) is 5.92 Å². The molecule has 2 aromatic heterocycles. The maximum Gasteiger partial charge on any atom is 0.173 e. The summed E-state index contributed by atoms with van der Waals surface area (Å²) in [6.07, 6.45) is 6.91. The van der Waals surface area contributed by atoms with Gasteiger partial charge in [0.2, 0.25) is 0 Å². The number of nitrogens with zero attached hydrogens (tertiary/aromatic N) is 5. The van der Waals surface area contributed by atoms with Crippen molar-refractivity contribution in [3.05, 3.63) is 77.5 Å². The van der Waals surface area contributed by atoms with E-state index in [1.165, 1.54) is 0 Å². The summed E-state index contributed by atoms with van der Waals surface area (Å²) in [5, 5.41) is 31.7. The van der Waals surface area contributed by atoms with Gasteiger partial charge in [0.25, 0.3) is 0 Å². The van der Waals surface area contributed by atoms with Crippen molar-refractivity contribution in [2.24, 2.45) is 11.7 Å². The van der Waals surface area contributed by atoms with Crippen LogP contribution in [0.15, 0.2) is 66.3 Å². The Kier molecular flexibility index (Phi) is 7.20. The first kappa shape index (κ1) is 21.3. The monoisotopic (exact) mass is 383 g/mol. The van der Waals surface area contributed by atoms with Crippen molar-refractivity contribution in [1.29, 1.82) is 15.8 Å². The third-order valence-electron chi connectivity index (χ3n) is 4.23. The molecule has 3 N–H and O–H groups in total. The smallest absolute Gasteiger partial charge is 0.173 e. The van der Waals surface area contributed by atoms with E-state index in [2.05, 4.69) is 21.4 Å². The number of dihydropyridines is 1. The summed E-state index contributed by atoms with van der Waals surface area (Å²) in [4.78, 5) is 8.50. The van der Waals surface area contributed by atoms with Crippen LogP contribution in [0.25, 0.3) is 5.57 Å². The summed E-state index contributed by atoms with van der Waals surface area (Å²) in [5.41, 5.74) is 6.67. The molecule has 7 nitrogen and oxygen atoms in total. The van der Waals surface area contributed by atoms with Gasteiger partial charge in [-0.25, -0.2) is 0 Å². The van der Waals surface area contributed by atoms with Crippen molar-refractivity contribution in [3.8, 4) is 18.2 Å². The average molecular weight is 383 g/mol. The maximum atomic E-state index is 9.73. The van der Waals surface area contributed by atoms with Gasteiger partial charge in [0.1, 0.15) is 6.07 Å². The molecule has 0 aliphatic carbocycles. The fourth-order valence-electron chi connectivity index (χ4n) is 2.93. The van der Waals surface area contributed by atoms with Crippen LogP contribution in [0.4, 0.5) is 0 Å². The third-order valence-corrected chi connectivity index (χ3v) is 4.23. The zero-order chi connectivity index (χ0) is 21.3. The highest BCUT2D eigenvalue weighted by Crippen LogP contribution is 2.38. The molecule has 0 spiro atoms. The second kappa shape index (κ2) is 9.80. The highest BCUT2D eigenvalue weighted by molar-refractivity contribution is 5.84. The summed E-state index contributed by atoms with van der Waals surface area (Å²) in [6, 6.07) is 15.2. The van der Waals surface area contributed by atoms with E-state index in [0.29, 0.717) is 11.3 Å². The maximum absolute atomic E-state index is 9.73. The number of nitrogens with two attached hydrogens (primary N) is 1. The van der Waals surface area contributed by atoms with Crippen LogP contribution in [0.1, 0.15) is 25.1 Å². The number of hydrogen-bond donors (Lipinski definition) is 2. The number of rotatable bonds is 3. The Labute approximate surface area is 170 Å². The molecule has 1 atom stereocenters. The quantitative estimate of drug-likeness (QED) is 0.831. The minimum atomic E-state index is -1.09. The van der Waals surface area contributed by atoms with Gasteiger partial charge in [-0.1, -0.05) is 19.1 Å². The fourth-order valence-corrected chi connectivity index (χ4v) is 2.93. The minimum Gasteiger partial charge on any atom is -0.373 e. The lowest BCUT2D eigenvalue weighted by molar-refractivity contribution is 0.484. The van der Waals surface area contributed by atoms with Gasteiger partial charge >= 0.3 is 0 Å². The lowest BCUT2D eigenvalue weighted by atomic mass is 9.81. The molecule has 29 heavy (non-hydrogen) atoms. The summed E-state index contributed by atoms with van der Waals surface area (Å²) in [5.74, 6) is -1.09. The second-order valence-electron chi connectivity index (χ2n) is 6.34. The van der Waals surface area contributed by atoms with Crippen molar-refractivity contribution >= 4 is 5.57 Å². The Morgan fingerprint density at radius 2 is 1.86 bits per heavy atom. The molecular formula is C22H21N7. The molecule has 0 fully saturated rings. The van der Waals surface area contributed by atoms with Crippen LogP contribution in [0.2, 0.25) is 0 Å². The molecule has 0 saturated carbocycles. The molecule has 7 heteroatoms. The number of hydrogen-bond acceptors (Lipinski definition) is 7. The molecule has 1 aliphatic rings. The van der Waals surface area contributed by atoms with Gasteiger partial charge < -0.3 is 11.1 Å². The molecule has 0 bridgehead atoms. The first-order chi connectivity index (χ1) is 14.0. The van der Waals surface area contributed by atoms with Gasteiger partial charge in [-0.15, -0.1) is 0 Å². The Bertz CT molecular complexity index is 1010. The van der Waals surface area contributed by atoms with Crippen LogP contribution >= 0.6 is 0 Å². The zero-order valence-electron chi connectivity index (χ0n) is 16.3.